The van der Waals surface area contributed by atoms with Crippen LogP contribution >= 0.6 is 11.6 Å². The molecule has 1 aromatic rings. The number of benzene rings is 1. The zero-order valence-corrected chi connectivity index (χ0v) is 10.3. The monoisotopic (exact) mass is 241 g/mol. The number of anilines is 1. The maximum absolute atomic E-state index is 12.0. The highest BCUT2D eigenvalue weighted by atomic mass is 35.5. The number of carbonyl (C=O) groups excluding carboxylic acids is 1. The number of nitrogens with two attached hydrogens (primary N) is 1. The summed E-state index contributed by atoms with van der Waals surface area (Å²) in [4.78, 5) is 12.0. The molecule has 1 aromatic carbocycles. The predicted octanol–water partition coefficient (Wildman–Crippen LogP) is 2.78. The van der Waals surface area contributed by atoms with E-state index in [0.717, 1.165) is 0 Å². The lowest BCUT2D eigenvalue weighted by Gasteiger charge is -2.11. The summed E-state index contributed by atoms with van der Waals surface area (Å²) < 4.78 is 4.94. The molecule has 0 spiro atoms. The molecular formula is C12H16ClNO2. The minimum absolute atomic E-state index is 0.0335. The van der Waals surface area contributed by atoms with Gasteiger partial charge in [-0.15, -0.1) is 0 Å². The first kappa shape index (κ1) is 13.0. The Morgan fingerprint density at radius 2 is 2.25 bits per heavy atom. The molecule has 4 heteroatoms. The number of hydrogen-bond donors (Lipinski definition) is 1. The minimum Gasteiger partial charge on any atom is -0.398 e. The van der Waals surface area contributed by atoms with Gasteiger partial charge in [0.2, 0.25) is 0 Å². The highest BCUT2D eigenvalue weighted by Gasteiger charge is 2.17. The number of Topliss-reactive ketones (excluding diaryl/α,β-unsaturated/α-hetero) is 1. The molecule has 1 unspecified atom stereocenters. The maximum Gasteiger partial charge on any atom is 0.167 e. The van der Waals surface area contributed by atoms with Crippen LogP contribution in [0.2, 0.25) is 5.02 Å². The molecule has 1 atom stereocenters. The number of ketones is 1. The molecule has 1 rings (SSSR count). The van der Waals surface area contributed by atoms with Crippen molar-refractivity contribution in [1.29, 1.82) is 0 Å². The van der Waals surface area contributed by atoms with Crippen molar-refractivity contribution in [3.8, 4) is 0 Å². The van der Waals surface area contributed by atoms with Crippen molar-refractivity contribution in [2.45, 2.75) is 13.3 Å². The molecule has 88 valence electrons. The Morgan fingerprint density at radius 3 is 2.81 bits per heavy atom. The van der Waals surface area contributed by atoms with E-state index in [9.17, 15) is 4.79 Å². The Hall–Kier alpha value is -1.06. The fraction of sp³-hybridized carbons (Fsp3) is 0.417. The Bertz CT molecular complexity index is 379. The van der Waals surface area contributed by atoms with E-state index in [1.807, 2.05) is 6.92 Å². The zero-order valence-electron chi connectivity index (χ0n) is 9.50. The normalized spacial score (nSPS) is 12.4. The first-order valence-corrected chi connectivity index (χ1v) is 5.52. The van der Waals surface area contributed by atoms with Crippen molar-refractivity contribution < 1.29 is 9.53 Å². The number of methoxy groups -OCH3 is 1. The summed E-state index contributed by atoms with van der Waals surface area (Å²) in [5.41, 5.74) is 6.72. The van der Waals surface area contributed by atoms with E-state index in [4.69, 9.17) is 22.1 Å². The molecule has 0 saturated heterocycles. The molecule has 0 radical (unpaired) electrons. The molecule has 0 aliphatic heterocycles. The van der Waals surface area contributed by atoms with Crippen LogP contribution in [0.3, 0.4) is 0 Å². The quantitative estimate of drug-likeness (QED) is 0.637. The van der Waals surface area contributed by atoms with Crippen molar-refractivity contribution >= 4 is 23.1 Å². The van der Waals surface area contributed by atoms with E-state index in [1.54, 1.807) is 25.3 Å². The van der Waals surface area contributed by atoms with E-state index >= 15 is 0 Å². The highest BCUT2D eigenvalue weighted by Crippen LogP contribution is 2.21. The average molecular weight is 242 g/mol. The number of hydrogen-bond acceptors (Lipinski definition) is 3. The van der Waals surface area contributed by atoms with E-state index in [0.29, 0.717) is 29.3 Å². The molecule has 0 amide bonds. The number of nitrogen functional groups attached to an aromatic ring is 1. The Labute approximate surface area is 101 Å². The van der Waals surface area contributed by atoms with Gasteiger partial charge in [-0.3, -0.25) is 4.79 Å². The summed E-state index contributed by atoms with van der Waals surface area (Å²) in [6.45, 7) is 2.44. The van der Waals surface area contributed by atoms with E-state index in [1.165, 1.54) is 0 Å². The molecule has 0 aliphatic rings. The van der Waals surface area contributed by atoms with Gasteiger partial charge in [-0.1, -0.05) is 18.5 Å². The van der Waals surface area contributed by atoms with Gasteiger partial charge in [-0.2, -0.15) is 0 Å². The van der Waals surface area contributed by atoms with Gasteiger partial charge in [-0.25, -0.2) is 0 Å². The van der Waals surface area contributed by atoms with Gasteiger partial charge in [0.05, 0.1) is 0 Å². The summed E-state index contributed by atoms with van der Waals surface area (Å²) in [6, 6.07) is 4.94. The van der Waals surface area contributed by atoms with E-state index in [-0.39, 0.29) is 11.7 Å². The Balaban J connectivity index is 2.79. The minimum atomic E-state index is -0.0941. The van der Waals surface area contributed by atoms with Crippen LogP contribution in [-0.2, 0) is 4.74 Å². The third kappa shape index (κ3) is 3.22. The van der Waals surface area contributed by atoms with Gasteiger partial charge in [0.15, 0.2) is 5.78 Å². The first-order valence-electron chi connectivity index (χ1n) is 5.14. The van der Waals surface area contributed by atoms with Crippen LogP contribution < -0.4 is 5.73 Å². The number of ether oxygens (including phenoxy) is 1. The van der Waals surface area contributed by atoms with Crippen molar-refractivity contribution in [3.63, 3.8) is 0 Å². The van der Waals surface area contributed by atoms with Gasteiger partial charge < -0.3 is 10.5 Å². The van der Waals surface area contributed by atoms with E-state index < -0.39 is 0 Å². The van der Waals surface area contributed by atoms with E-state index in [2.05, 4.69) is 0 Å². The van der Waals surface area contributed by atoms with Gasteiger partial charge in [0, 0.05) is 35.9 Å². The second-order valence-corrected chi connectivity index (χ2v) is 4.21. The van der Waals surface area contributed by atoms with Crippen molar-refractivity contribution in [3.05, 3.63) is 28.8 Å². The maximum atomic E-state index is 12.0. The lowest BCUT2D eigenvalue weighted by molar-refractivity contribution is 0.0894. The molecule has 0 fully saturated rings. The highest BCUT2D eigenvalue weighted by molar-refractivity contribution is 6.31. The summed E-state index contributed by atoms with van der Waals surface area (Å²) >= 11 is 5.77. The third-order valence-corrected chi connectivity index (χ3v) is 2.72. The topological polar surface area (TPSA) is 52.3 Å². The molecule has 16 heavy (non-hydrogen) atoms. The van der Waals surface area contributed by atoms with Crippen molar-refractivity contribution in [2.75, 3.05) is 19.5 Å². The molecule has 3 nitrogen and oxygen atoms in total. The second-order valence-electron chi connectivity index (χ2n) is 3.78. The molecule has 0 aliphatic carbocycles. The smallest absolute Gasteiger partial charge is 0.167 e. The average Bonchev–Trinajstić information content (AvgIpc) is 2.25. The molecule has 0 saturated carbocycles. The van der Waals surface area contributed by atoms with Crippen LogP contribution in [0.1, 0.15) is 23.7 Å². The largest absolute Gasteiger partial charge is 0.398 e. The first-order chi connectivity index (χ1) is 7.56. The van der Waals surface area contributed by atoms with Crippen LogP contribution in [-0.4, -0.2) is 19.5 Å². The van der Waals surface area contributed by atoms with Gasteiger partial charge in [-0.05, 0) is 24.6 Å². The lowest BCUT2D eigenvalue weighted by Crippen LogP contribution is -2.15. The van der Waals surface area contributed by atoms with Crippen LogP contribution in [0.25, 0.3) is 0 Å². The van der Waals surface area contributed by atoms with Crippen LogP contribution in [0.4, 0.5) is 5.69 Å². The Kier molecular flexibility index (Phi) is 4.77. The van der Waals surface area contributed by atoms with Crippen LogP contribution in [0.15, 0.2) is 18.2 Å². The standard InChI is InChI=1S/C12H16ClNO2/c1-8(5-6-16-2)12(15)10-4-3-9(13)7-11(10)14/h3-4,7-8H,5-6,14H2,1-2H3. The zero-order chi connectivity index (χ0) is 12.1. The third-order valence-electron chi connectivity index (χ3n) is 2.48. The molecule has 2 N–H and O–H groups in total. The lowest BCUT2D eigenvalue weighted by atomic mass is 9.96. The van der Waals surface area contributed by atoms with Gasteiger partial charge in [0.1, 0.15) is 0 Å². The molecular weight excluding hydrogens is 226 g/mol. The number of carbonyl (C=O) groups is 1. The van der Waals surface area contributed by atoms with Crippen LogP contribution in [0, 0.1) is 5.92 Å². The second kappa shape index (κ2) is 5.87. The fourth-order valence-corrected chi connectivity index (χ4v) is 1.63. The number of rotatable bonds is 5. The SMILES string of the molecule is COCCC(C)C(=O)c1ccc(Cl)cc1N. The number of halogens is 1. The van der Waals surface area contributed by atoms with Crippen molar-refractivity contribution in [1.82, 2.24) is 0 Å². The summed E-state index contributed by atoms with van der Waals surface area (Å²) in [5, 5.41) is 0.540. The summed E-state index contributed by atoms with van der Waals surface area (Å²) in [6.07, 6.45) is 0.692. The van der Waals surface area contributed by atoms with Crippen molar-refractivity contribution in [2.24, 2.45) is 5.92 Å². The fourth-order valence-electron chi connectivity index (χ4n) is 1.45. The summed E-state index contributed by atoms with van der Waals surface area (Å²) in [7, 11) is 1.62. The molecule has 0 bridgehead atoms. The summed E-state index contributed by atoms with van der Waals surface area (Å²) in [5.74, 6) is -0.0605. The Morgan fingerprint density at radius 1 is 1.56 bits per heavy atom. The molecule has 0 aromatic heterocycles. The predicted molar refractivity (Wildman–Crippen MR) is 65.9 cm³/mol. The van der Waals surface area contributed by atoms with Gasteiger partial charge in [0.25, 0.3) is 0 Å². The van der Waals surface area contributed by atoms with Crippen LogP contribution in [0.5, 0.6) is 0 Å². The van der Waals surface area contributed by atoms with Gasteiger partial charge >= 0.3 is 0 Å². The molecule has 0 heterocycles.